The number of carbonyl (C=O) groups excluding carboxylic acids is 1. The van der Waals surface area contributed by atoms with E-state index in [0.29, 0.717) is 5.56 Å². The van der Waals surface area contributed by atoms with Crippen LogP contribution in [0.4, 0.5) is 8.78 Å². The van der Waals surface area contributed by atoms with Gasteiger partial charge in [-0.3, -0.25) is 4.79 Å². The molecule has 0 aromatic heterocycles. The number of nitrogens with zero attached hydrogens (tertiary/aromatic N) is 1. The van der Waals surface area contributed by atoms with Crippen LogP contribution in [0.5, 0.6) is 5.75 Å². The largest absolute Gasteiger partial charge is 0.486 e. The van der Waals surface area contributed by atoms with Gasteiger partial charge in [-0.15, -0.1) is 0 Å². The van der Waals surface area contributed by atoms with E-state index < -0.39 is 11.6 Å². The standard InChI is InChI=1S/C23H26F2N2O2/c24-17-11-19(23(20(25)12-17)29-15-16-7-3-1-4-8-16)18-13-21(18)26-14-22(28)27-9-5-2-6-10-27/h1,3-4,7-8,11-12,18,21,26H,2,5-6,9-10,13-15H2. The second-order valence-corrected chi connectivity index (χ2v) is 7.85. The van der Waals surface area contributed by atoms with E-state index in [1.54, 1.807) is 0 Å². The van der Waals surface area contributed by atoms with Crippen LogP contribution in [0.25, 0.3) is 0 Å². The maximum Gasteiger partial charge on any atom is 0.236 e. The van der Waals surface area contributed by atoms with Crippen LogP contribution in [0.2, 0.25) is 0 Å². The third-order valence-electron chi connectivity index (χ3n) is 5.68. The van der Waals surface area contributed by atoms with E-state index in [1.807, 2.05) is 35.2 Å². The number of rotatable bonds is 7. The first-order chi connectivity index (χ1) is 14.1. The summed E-state index contributed by atoms with van der Waals surface area (Å²) in [5.41, 5.74) is 1.45. The highest BCUT2D eigenvalue weighted by Crippen LogP contribution is 2.46. The first-order valence-corrected chi connectivity index (χ1v) is 10.3. The summed E-state index contributed by atoms with van der Waals surface area (Å²) in [5.74, 6) is -1.15. The predicted molar refractivity (Wildman–Crippen MR) is 107 cm³/mol. The first-order valence-electron chi connectivity index (χ1n) is 10.3. The number of piperidine rings is 1. The number of nitrogens with one attached hydrogen (secondary N) is 1. The molecule has 1 saturated heterocycles. The van der Waals surface area contributed by atoms with Gasteiger partial charge in [0.25, 0.3) is 0 Å². The summed E-state index contributed by atoms with van der Waals surface area (Å²) < 4.78 is 34.0. The number of ether oxygens (including phenoxy) is 1. The molecular formula is C23H26F2N2O2. The molecule has 1 aliphatic heterocycles. The SMILES string of the molecule is O=C(CNC1CC1c1cc(F)cc(F)c1OCc1ccccc1)N1CCCCC1. The van der Waals surface area contributed by atoms with Crippen molar-refractivity contribution in [2.24, 2.45) is 0 Å². The predicted octanol–water partition coefficient (Wildman–Crippen LogP) is 4.00. The molecule has 2 aliphatic rings. The van der Waals surface area contributed by atoms with Crippen LogP contribution >= 0.6 is 0 Å². The molecule has 154 valence electrons. The van der Waals surface area contributed by atoms with Crippen LogP contribution < -0.4 is 10.1 Å². The zero-order valence-corrected chi connectivity index (χ0v) is 16.4. The molecule has 2 aromatic carbocycles. The second-order valence-electron chi connectivity index (χ2n) is 7.85. The fourth-order valence-electron chi connectivity index (χ4n) is 3.98. The van der Waals surface area contributed by atoms with Gasteiger partial charge in [-0.05, 0) is 37.3 Å². The van der Waals surface area contributed by atoms with Gasteiger partial charge in [0.1, 0.15) is 12.4 Å². The van der Waals surface area contributed by atoms with Crippen molar-refractivity contribution < 1.29 is 18.3 Å². The lowest BCUT2D eigenvalue weighted by atomic mass is 10.1. The molecule has 1 aliphatic carbocycles. The van der Waals surface area contributed by atoms with Crippen LogP contribution in [0.15, 0.2) is 42.5 Å². The van der Waals surface area contributed by atoms with E-state index in [0.717, 1.165) is 44.0 Å². The Morgan fingerprint density at radius 1 is 1.10 bits per heavy atom. The van der Waals surface area contributed by atoms with Crippen molar-refractivity contribution in [1.82, 2.24) is 10.2 Å². The average molecular weight is 400 g/mol. The molecule has 1 heterocycles. The number of amides is 1. The minimum atomic E-state index is -0.689. The normalized spacial score (nSPS) is 21.1. The van der Waals surface area contributed by atoms with Crippen molar-refractivity contribution in [2.45, 2.75) is 44.2 Å². The Morgan fingerprint density at radius 3 is 2.62 bits per heavy atom. The van der Waals surface area contributed by atoms with E-state index >= 15 is 0 Å². The van der Waals surface area contributed by atoms with Crippen LogP contribution in [-0.2, 0) is 11.4 Å². The van der Waals surface area contributed by atoms with E-state index in [2.05, 4.69) is 5.32 Å². The van der Waals surface area contributed by atoms with Crippen molar-refractivity contribution >= 4 is 5.91 Å². The van der Waals surface area contributed by atoms with E-state index in [-0.39, 0.29) is 36.8 Å². The highest BCUT2D eigenvalue weighted by Gasteiger charge is 2.41. The second kappa shape index (κ2) is 8.91. The third-order valence-corrected chi connectivity index (χ3v) is 5.68. The molecule has 2 aromatic rings. The number of likely N-dealkylation sites (tertiary alicyclic amines) is 1. The molecule has 0 bridgehead atoms. The molecule has 29 heavy (non-hydrogen) atoms. The van der Waals surface area contributed by atoms with E-state index in [4.69, 9.17) is 4.74 Å². The van der Waals surface area contributed by atoms with Crippen molar-refractivity contribution in [3.8, 4) is 5.75 Å². The quantitative estimate of drug-likeness (QED) is 0.764. The molecule has 0 spiro atoms. The van der Waals surface area contributed by atoms with Gasteiger partial charge in [0.15, 0.2) is 11.6 Å². The number of hydrogen-bond donors (Lipinski definition) is 1. The molecule has 2 fully saturated rings. The highest BCUT2D eigenvalue weighted by molar-refractivity contribution is 5.78. The molecule has 2 unspecified atom stereocenters. The van der Waals surface area contributed by atoms with Crippen molar-refractivity contribution in [1.29, 1.82) is 0 Å². The minimum Gasteiger partial charge on any atom is -0.486 e. The fourth-order valence-corrected chi connectivity index (χ4v) is 3.98. The summed E-state index contributed by atoms with van der Waals surface area (Å²) in [6, 6.07) is 11.7. The van der Waals surface area contributed by atoms with Gasteiger partial charge in [-0.25, -0.2) is 8.78 Å². The zero-order valence-electron chi connectivity index (χ0n) is 16.4. The number of carbonyl (C=O) groups is 1. The average Bonchev–Trinajstić information content (AvgIpc) is 3.52. The Balaban J connectivity index is 1.38. The topological polar surface area (TPSA) is 41.6 Å². The third kappa shape index (κ3) is 4.93. The van der Waals surface area contributed by atoms with E-state index in [1.165, 1.54) is 12.5 Å². The Kier molecular flexibility index (Phi) is 6.09. The van der Waals surface area contributed by atoms with Crippen LogP contribution in [0, 0.1) is 11.6 Å². The Bertz CT molecular complexity index is 853. The maximum atomic E-state index is 14.4. The number of hydrogen-bond acceptors (Lipinski definition) is 3. The Hall–Kier alpha value is -2.47. The maximum absolute atomic E-state index is 14.4. The van der Waals surface area contributed by atoms with Gasteiger partial charge in [-0.2, -0.15) is 0 Å². The van der Waals surface area contributed by atoms with Crippen molar-refractivity contribution in [3.05, 3.63) is 65.2 Å². The lowest BCUT2D eigenvalue weighted by Crippen LogP contribution is -2.41. The van der Waals surface area contributed by atoms with Gasteiger partial charge in [0.2, 0.25) is 5.91 Å². The Morgan fingerprint density at radius 2 is 1.86 bits per heavy atom. The van der Waals surface area contributed by atoms with Gasteiger partial charge < -0.3 is 15.0 Å². The summed E-state index contributed by atoms with van der Waals surface area (Å²) >= 11 is 0. The fraction of sp³-hybridized carbons (Fsp3) is 0.435. The smallest absolute Gasteiger partial charge is 0.236 e. The zero-order chi connectivity index (χ0) is 20.2. The molecule has 4 nitrogen and oxygen atoms in total. The van der Waals surface area contributed by atoms with Gasteiger partial charge in [0, 0.05) is 36.7 Å². The molecule has 2 atom stereocenters. The first kappa shape index (κ1) is 19.8. The number of halogens is 2. The molecule has 6 heteroatoms. The molecule has 4 rings (SSSR count). The van der Waals surface area contributed by atoms with Crippen LogP contribution in [-0.4, -0.2) is 36.5 Å². The van der Waals surface area contributed by atoms with Gasteiger partial charge in [0.05, 0.1) is 6.54 Å². The molecule has 0 radical (unpaired) electrons. The summed E-state index contributed by atoms with van der Waals surface area (Å²) in [5, 5.41) is 3.25. The minimum absolute atomic E-state index is 0.0315. The molecule has 1 saturated carbocycles. The van der Waals surface area contributed by atoms with E-state index in [9.17, 15) is 13.6 Å². The van der Waals surface area contributed by atoms with Crippen LogP contribution in [0.1, 0.15) is 42.7 Å². The summed E-state index contributed by atoms with van der Waals surface area (Å²) in [6.45, 7) is 2.12. The lowest BCUT2D eigenvalue weighted by molar-refractivity contribution is -0.131. The summed E-state index contributed by atoms with van der Waals surface area (Å²) in [4.78, 5) is 14.2. The monoisotopic (exact) mass is 400 g/mol. The van der Waals surface area contributed by atoms with Crippen molar-refractivity contribution in [3.63, 3.8) is 0 Å². The Labute approximate surface area is 169 Å². The summed E-state index contributed by atoms with van der Waals surface area (Å²) in [6.07, 6.45) is 4.03. The lowest BCUT2D eigenvalue weighted by Gasteiger charge is -2.26. The van der Waals surface area contributed by atoms with Gasteiger partial charge >= 0.3 is 0 Å². The number of benzene rings is 2. The van der Waals surface area contributed by atoms with Gasteiger partial charge in [-0.1, -0.05) is 30.3 Å². The molecular weight excluding hydrogens is 374 g/mol. The highest BCUT2D eigenvalue weighted by atomic mass is 19.1. The molecule has 1 amide bonds. The van der Waals surface area contributed by atoms with Crippen LogP contribution in [0.3, 0.4) is 0 Å². The molecule has 1 N–H and O–H groups in total. The summed E-state index contributed by atoms with van der Waals surface area (Å²) in [7, 11) is 0. The van der Waals surface area contributed by atoms with Crippen molar-refractivity contribution in [2.75, 3.05) is 19.6 Å².